The van der Waals surface area contributed by atoms with Gasteiger partial charge in [-0.2, -0.15) is 13.2 Å². The Balaban J connectivity index is 0.00000312. The highest BCUT2D eigenvalue weighted by Crippen LogP contribution is 2.16. The normalized spacial score (nSPS) is 16.8. The Bertz CT molecular complexity index is 573. The van der Waals surface area contributed by atoms with Crippen LogP contribution in [0.15, 0.2) is 24.3 Å². The van der Waals surface area contributed by atoms with Crippen molar-refractivity contribution >= 4 is 29.9 Å². The van der Waals surface area contributed by atoms with E-state index in [1.807, 2.05) is 0 Å². The van der Waals surface area contributed by atoms with Crippen LogP contribution in [0.2, 0.25) is 0 Å². The molecule has 5 nitrogen and oxygen atoms in total. The number of benzene rings is 1. The molecular formula is C16H21ClF3N3O2. The Hall–Kier alpha value is -1.80. The predicted octanol–water partition coefficient (Wildman–Crippen LogP) is 2.73. The van der Waals surface area contributed by atoms with Crippen molar-refractivity contribution in [1.82, 2.24) is 10.6 Å². The Morgan fingerprint density at radius 3 is 2.44 bits per heavy atom. The van der Waals surface area contributed by atoms with E-state index in [0.717, 1.165) is 25.9 Å². The third-order valence-electron chi connectivity index (χ3n) is 3.82. The van der Waals surface area contributed by atoms with Gasteiger partial charge in [0.25, 0.3) is 5.91 Å². The minimum Gasteiger partial charge on any atom is -0.343 e. The summed E-state index contributed by atoms with van der Waals surface area (Å²) in [6.45, 7) is 0.555. The Morgan fingerprint density at radius 1 is 1.20 bits per heavy atom. The van der Waals surface area contributed by atoms with Gasteiger partial charge in [-0.05, 0) is 56.1 Å². The summed E-state index contributed by atoms with van der Waals surface area (Å²) in [5.74, 6) is -0.398. The first-order chi connectivity index (χ1) is 11.3. The number of alkyl halides is 3. The molecule has 2 amide bonds. The van der Waals surface area contributed by atoms with Gasteiger partial charge < -0.3 is 16.0 Å². The molecule has 140 valence electrons. The van der Waals surface area contributed by atoms with E-state index in [4.69, 9.17) is 0 Å². The molecule has 1 aromatic carbocycles. The average Bonchev–Trinajstić information content (AvgIpc) is 3.04. The zero-order valence-corrected chi connectivity index (χ0v) is 14.3. The highest BCUT2D eigenvalue weighted by Gasteiger charge is 2.27. The lowest BCUT2D eigenvalue weighted by Gasteiger charge is -2.10. The topological polar surface area (TPSA) is 70.2 Å². The summed E-state index contributed by atoms with van der Waals surface area (Å²) in [7, 11) is 0. The van der Waals surface area contributed by atoms with E-state index in [-0.39, 0.29) is 23.9 Å². The molecule has 2 rings (SSSR count). The molecule has 0 bridgehead atoms. The van der Waals surface area contributed by atoms with Crippen LogP contribution in [0.25, 0.3) is 0 Å². The van der Waals surface area contributed by atoms with Gasteiger partial charge in [-0.15, -0.1) is 12.4 Å². The number of amides is 2. The Kier molecular flexibility index (Phi) is 8.18. The highest BCUT2D eigenvalue weighted by atomic mass is 35.5. The highest BCUT2D eigenvalue weighted by molar-refractivity contribution is 5.95. The number of halogens is 4. The number of rotatable bonds is 6. The maximum Gasteiger partial charge on any atom is 0.405 e. The van der Waals surface area contributed by atoms with Gasteiger partial charge >= 0.3 is 6.18 Å². The van der Waals surface area contributed by atoms with Crippen molar-refractivity contribution in [3.8, 4) is 0 Å². The minimum atomic E-state index is -4.45. The van der Waals surface area contributed by atoms with E-state index >= 15 is 0 Å². The predicted molar refractivity (Wildman–Crippen MR) is 90.9 cm³/mol. The van der Waals surface area contributed by atoms with Gasteiger partial charge in [-0.1, -0.05) is 0 Å². The van der Waals surface area contributed by atoms with Gasteiger partial charge in [0.1, 0.15) is 6.54 Å². The summed E-state index contributed by atoms with van der Waals surface area (Å²) in [5, 5.41) is 7.75. The van der Waals surface area contributed by atoms with Crippen molar-refractivity contribution in [2.75, 3.05) is 25.0 Å². The molecule has 0 aromatic heterocycles. The molecule has 1 aliphatic rings. The van der Waals surface area contributed by atoms with Crippen LogP contribution in [-0.4, -0.2) is 37.6 Å². The van der Waals surface area contributed by atoms with Crippen molar-refractivity contribution in [1.29, 1.82) is 0 Å². The zero-order chi connectivity index (χ0) is 17.6. The van der Waals surface area contributed by atoms with E-state index in [9.17, 15) is 22.8 Å². The number of hydrogen-bond acceptors (Lipinski definition) is 3. The fourth-order valence-corrected chi connectivity index (χ4v) is 2.51. The number of hydrogen-bond donors (Lipinski definition) is 3. The van der Waals surface area contributed by atoms with E-state index in [2.05, 4.69) is 10.6 Å². The largest absolute Gasteiger partial charge is 0.405 e. The fraction of sp³-hybridized carbons (Fsp3) is 0.500. The molecule has 1 atom stereocenters. The lowest BCUT2D eigenvalue weighted by atomic mass is 10.0. The van der Waals surface area contributed by atoms with Gasteiger partial charge in [-0.25, -0.2) is 0 Å². The lowest BCUT2D eigenvalue weighted by Crippen LogP contribution is -2.33. The first-order valence-corrected chi connectivity index (χ1v) is 7.79. The van der Waals surface area contributed by atoms with Crippen molar-refractivity contribution < 1.29 is 22.8 Å². The smallest absolute Gasteiger partial charge is 0.343 e. The van der Waals surface area contributed by atoms with E-state index in [1.54, 1.807) is 5.32 Å². The van der Waals surface area contributed by atoms with E-state index in [0.29, 0.717) is 18.0 Å². The van der Waals surface area contributed by atoms with Gasteiger partial charge in [0.15, 0.2) is 0 Å². The molecule has 0 aliphatic carbocycles. The molecule has 1 aliphatic heterocycles. The molecule has 1 unspecified atom stereocenters. The van der Waals surface area contributed by atoms with Crippen LogP contribution in [0.5, 0.6) is 0 Å². The van der Waals surface area contributed by atoms with Crippen LogP contribution in [0, 0.1) is 5.92 Å². The number of carbonyl (C=O) groups is 2. The molecule has 0 radical (unpaired) electrons. The van der Waals surface area contributed by atoms with Crippen LogP contribution in [0.3, 0.4) is 0 Å². The summed E-state index contributed by atoms with van der Waals surface area (Å²) in [6.07, 6.45) is -2.13. The summed E-state index contributed by atoms with van der Waals surface area (Å²) in [5.41, 5.74) is 0.617. The van der Waals surface area contributed by atoms with Crippen LogP contribution in [0.1, 0.15) is 29.6 Å². The molecule has 1 aromatic rings. The quantitative estimate of drug-likeness (QED) is 0.711. The second-order valence-corrected chi connectivity index (χ2v) is 5.82. The summed E-state index contributed by atoms with van der Waals surface area (Å²) >= 11 is 0. The van der Waals surface area contributed by atoms with Crippen molar-refractivity contribution in [3.63, 3.8) is 0 Å². The summed E-state index contributed by atoms with van der Waals surface area (Å²) in [6, 6.07) is 5.75. The van der Waals surface area contributed by atoms with Gasteiger partial charge in [0.2, 0.25) is 5.91 Å². The van der Waals surface area contributed by atoms with Gasteiger partial charge in [0, 0.05) is 17.7 Å². The van der Waals surface area contributed by atoms with E-state index in [1.165, 1.54) is 24.3 Å². The van der Waals surface area contributed by atoms with Crippen LogP contribution in [-0.2, 0) is 4.79 Å². The van der Waals surface area contributed by atoms with Crippen molar-refractivity contribution in [2.45, 2.75) is 25.4 Å². The second-order valence-electron chi connectivity index (χ2n) is 5.82. The van der Waals surface area contributed by atoms with Crippen LogP contribution in [0.4, 0.5) is 18.9 Å². The molecule has 9 heteroatoms. The second kappa shape index (κ2) is 9.62. The maximum absolute atomic E-state index is 12.1. The van der Waals surface area contributed by atoms with Crippen LogP contribution >= 0.6 is 12.4 Å². The zero-order valence-electron chi connectivity index (χ0n) is 13.5. The number of anilines is 1. The Labute approximate surface area is 150 Å². The van der Waals surface area contributed by atoms with Crippen LogP contribution < -0.4 is 16.0 Å². The summed E-state index contributed by atoms with van der Waals surface area (Å²) < 4.78 is 36.2. The van der Waals surface area contributed by atoms with Crippen molar-refractivity contribution in [2.24, 2.45) is 5.92 Å². The maximum atomic E-state index is 12.1. The molecule has 25 heavy (non-hydrogen) atoms. The van der Waals surface area contributed by atoms with Crippen molar-refractivity contribution in [3.05, 3.63) is 29.8 Å². The third kappa shape index (κ3) is 7.74. The molecule has 1 heterocycles. The van der Waals surface area contributed by atoms with Gasteiger partial charge in [0.05, 0.1) is 0 Å². The Morgan fingerprint density at radius 2 is 1.88 bits per heavy atom. The SMILES string of the molecule is Cl.O=C(CCC1CCNC1)Nc1ccc(C(=O)NCC(F)(F)F)cc1. The van der Waals surface area contributed by atoms with Gasteiger partial charge in [-0.3, -0.25) is 9.59 Å². The molecule has 0 spiro atoms. The molecule has 3 N–H and O–H groups in total. The lowest BCUT2D eigenvalue weighted by molar-refractivity contribution is -0.123. The monoisotopic (exact) mass is 379 g/mol. The standard InChI is InChI=1S/C16H20F3N3O2.ClH/c17-16(18,19)10-21-15(24)12-2-4-13(5-3-12)22-14(23)6-1-11-7-8-20-9-11;/h2-5,11,20H,1,6-10H2,(H,21,24)(H,22,23);1H. The number of carbonyl (C=O) groups excluding carboxylic acids is 2. The average molecular weight is 380 g/mol. The fourth-order valence-electron chi connectivity index (χ4n) is 2.51. The molecule has 0 saturated carbocycles. The minimum absolute atomic E-state index is 0. The first kappa shape index (κ1) is 21.2. The number of nitrogens with one attached hydrogen (secondary N) is 3. The third-order valence-corrected chi connectivity index (χ3v) is 3.82. The molecule has 1 saturated heterocycles. The first-order valence-electron chi connectivity index (χ1n) is 7.79. The molecule has 1 fully saturated rings. The van der Waals surface area contributed by atoms with E-state index < -0.39 is 18.6 Å². The summed E-state index contributed by atoms with van der Waals surface area (Å²) in [4.78, 5) is 23.4. The molecular weight excluding hydrogens is 359 g/mol.